The third kappa shape index (κ3) is 3.71. The fourth-order valence-corrected chi connectivity index (χ4v) is 3.46. The number of nitrogens with zero attached hydrogens (tertiary/aromatic N) is 3. The van der Waals surface area contributed by atoms with E-state index >= 15 is 0 Å². The van der Waals surface area contributed by atoms with E-state index < -0.39 is 0 Å². The van der Waals surface area contributed by atoms with Gasteiger partial charge in [-0.25, -0.2) is 4.98 Å². The van der Waals surface area contributed by atoms with E-state index in [2.05, 4.69) is 39.5 Å². The van der Waals surface area contributed by atoms with Crippen molar-refractivity contribution in [3.63, 3.8) is 0 Å². The van der Waals surface area contributed by atoms with Gasteiger partial charge in [0.25, 0.3) is 0 Å². The average Bonchev–Trinajstić information content (AvgIpc) is 2.73. The Balaban J connectivity index is 1.60. The molecule has 28 heavy (non-hydrogen) atoms. The highest BCUT2D eigenvalue weighted by Crippen LogP contribution is 2.32. The number of nitrogens with one attached hydrogen (secondary N) is 1. The van der Waals surface area contributed by atoms with Crippen LogP contribution in [-0.2, 0) is 13.0 Å². The summed E-state index contributed by atoms with van der Waals surface area (Å²) in [6.07, 6.45) is 1.00. The number of benzene rings is 2. The smallest absolute Gasteiger partial charge is 0.227 e. The Hall–Kier alpha value is -3.28. The highest BCUT2D eigenvalue weighted by atomic mass is 16.5. The van der Waals surface area contributed by atoms with Crippen LogP contribution in [0, 0.1) is 6.92 Å². The highest BCUT2D eigenvalue weighted by molar-refractivity contribution is 5.66. The minimum absolute atomic E-state index is 0.698. The Labute approximate surface area is 165 Å². The van der Waals surface area contributed by atoms with Gasteiger partial charge in [-0.1, -0.05) is 24.3 Å². The first kappa shape index (κ1) is 18.1. The van der Waals surface area contributed by atoms with E-state index in [1.807, 2.05) is 31.2 Å². The molecule has 1 aliphatic heterocycles. The van der Waals surface area contributed by atoms with E-state index in [1.54, 1.807) is 14.2 Å². The first-order valence-electron chi connectivity index (χ1n) is 9.33. The normalized spacial score (nSPS) is 13.0. The third-order valence-corrected chi connectivity index (χ3v) is 4.93. The van der Waals surface area contributed by atoms with Crippen molar-refractivity contribution < 1.29 is 9.47 Å². The number of fused-ring (bicyclic) bond motifs is 1. The molecule has 0 atom stereocenters. The second-order valence-electron chi connectivity index (χ2n) is 6.83. The van der Waals surface area contributed by atoms with Crippen molar-refractivity contribution in [1.82, 2.24) is 9.97 Å². The number of aryl methyl sites for hydroxylation is 1. The summed E-state index contributed by atoms with van der Waals surface area (Å²) in [7, 11) is 3.28. The lowest BCUT2D eigenvalue weighted by molar-refractivity contribution is 0.395. The second kappa shape index (κ2) is 7.76. The van der Waals surface area contributed by atoms with Crippen LogP contribution in [0.2, 0.25) is 0 Å². The molecule has 0 fully saturated rings. The van der Waals surface area contributed by atoms with Gasteiger partial charge in [0.05, 0.1) is 19.9 Å². The van der Waals surface area contributed by atoms with Gasteiger partial charge in [0.1, 0.15) is 17.3 Å². The SMILES string of the molecule is COc1ccc(Nc2cc(C)nc(N3CCc4ccccc4C3)n2)c(OC)c1. The van der Waals surface area contributed by atoms with Crippen LogP contribution in [-0.4, -0.2) is 30.7 Å². The van der Waals surface area contributed by atoms with E-state index in [0.29, 0.717) is 5.75 Å². The molecule has 1 N–H and O–H groups in total. The van der Waals surface area contributed by atoms with Gasteiger partial charge in [-0.3, -0.25) is 0 Å². The van der Waals surface area contributed by atoms with Crippen LogP contribution in [0.5, 0.6) is 11.5 Å². The van der Waals surface area contributed by atoms with Gasteiger partial charge in [-0.05, 0) is 36.6 Å². The van der Waals surface area contributed by atoms with E-state index in [9.17, 15) is 0 Å². The molecule has 6 heteroatoms. The van der Waals surface area contributed by atoms with Crippen LogP contribution in [0.1, 0.15) is 16.8 Å². The van der Waals surface area contributed by atoms with Gasteiger partial charge < -0.3 is 19.7 Å². The molecule has 0 aliphatic carbocycles. The van der Waals surface area contributed by atoms with Crippen molar-refractivity contribution in [2.75, 3.05) is 31.0 Å². The summed E-state index contributed by atoms with van der Waals surface area (Å²) in [5.74, 6) is 2.92. The predicted octanol–water partition coefficient (Wildman–Crippen LogP) is 4.11. The summed E-state index contributed by atoms with van der Waals surface area (Å²) in [6, 6.07) is 16.2. The van der Waals surface area contributed by atoms with Crippen LogP contribution in [0.25, 0.3) is 0 Å². The Morgan fingerprint density at radius 2 is 1.79 bits per heavy atom. The molecule has 1 aliphatic rings. The minimum atomic E-state index is 0.698. The van der Waals surface area contributed by atoms with Crippen molar-refractivity contribution in [2.24, 2.45) is 0 Å². The number of anilines is 3. The molecule has 2 heterocycles. The molecular weight excluding hydrogens is 352 g/mol. The summed E-state index contributed by atoms with van der Waals surface area (Å²) in [4.78, 5) is 11.7. The lowest BCUT2D eigenvalue weighted by Gasteiger charge is -2.29. The maximum absolute atomic E-state index is 5.48. The van der Waals surface area contributed by atoms with Crippen LogP contribution in [0.15, 0.2) is 48.5 Å². The zero-order valence-electron chi connectivity index (χ0n) is 16.4. The first-order chi connectivity index (χ1) is 13.7. The zero-order valence-corrected chi connectivity index (χ0v) is 16.4. The minimum Gasteiger partial charge on any atom is -0.497 e. The molecule has 0 saturated heterocycles. The molecule has 4 rings (SSSR count). The monoisotopic (exact) mass is 376 g/mol. The molecule has 0 bridgehead atoms. The molecule has 0 unspecified atom stereocenters. The Morgan fingerprint density at radius 3 is 2.57 bits per heavy atom. The molecule has 6 nitrogen and oxygen atoms in total. The molecule has 0 radical (unpaired) electrons. The van der Waals surface area contributed by atoms with Crippen LogP contribution < -0.4 is 19.7 Å². The van der Waals surface area contributed by atoms with E-state index in [0.717, 1.165) is 48.4 Å². The fraction of sp³-hybridized carbons (Fsp3) is 0.273. The summed E-state index contributed by atoms with van der Waals surface area (Å²) in [5, 5.41) is 3.36. The summed E-state index contributed by atoms with van der Waals surface area (Å²) >= 11 is 0. The van der Waals surface area contributed by atoms with Gasteiger partial charge in [-0.2, -0.15) is 4.98 Å². The first-order valence-corrected chi connectivity index (χ1v) is 9.33. The maximum atomic E-state index is 5.48. The van der Waals surface area contributed by atoms with E-state index in [1.165, 1.54) is 11.1 Å². The van der Waals surface area contributed by atoms with Gasteiger partial charge in [0.2, 0.25) is 5.95 Å². The summed E-state index contributed by atoms with van der Waals surface area (Å²) < 4.78 is 10.7. The van der Waals surface area contributed by atoms with Gasteiger partial charge >= 0.3 is 0 Å². The predicted molar refractivity (Wildman–Crippen MR) is 111 cm³/mol. The number of aromatic nitrogens is 2. The standard InChI is InChI=1S/C22H24N4O2/c1-15-12-21(24-19-9-8-18(27-2)13-20(19)28-3)25-22(23-15)26-11-10-16-6-4-5-7-17(16)14-26/h4-9,12-13H,10-11,14H2,1-3H3,(H,23,24,25). The van der Waals surface area contributed by atoms with E-state index in [-0.39, 0.29) is 0 Å². The zero-order chi connectivity index (χ0) is 19.5. The lowest BCUT2D eigenvalue weighted by Crippen LogP contribution is -2.32. The number of hydrogen-bond donors (Lipinski definition) is 1. The molecule has 3 aromatic rings. The van der Waals surface area contributed by atoms with Gasteiger partial charge in [0.15, 0.2) is 0 Å². The number of methoxy groups -OCH3 is 2. The van der Waals surface area contributed by atoms with E-state index in [4.69, 9.17) is 14.5 Å². The fourth-order valence-electron chi connectivity index (χ4n) is 3.46. The largest absolute Gasteiger partial charge is 0.497 e. The average molecular weight is 376 g/mol. The number of hydrogen-bond acceptors (Lipinski definition) is 6. The van der Waals surface area contributed by atoms with Gasteiger partial charge in [-0.15, -0.1) is 0 Å². The molecular formula is C22H24N4O2. The topological polar surface area (TPSA) is 59.5 Å². The third-order valence-electron chi connectivity index (χ3n) is 4.93. The molecule has 0 saturated carbocycles. The highest BCUT2D eigenvalue weighted by Gasteiger charge is 2.19. The Kier molecular flexibility index (Phi) is 5.02. The molecule has 2 aromatic carbocycles. The molecule has 0 spiro atoms. The number of rotatable bonds is 5. The van der Waals surface area contributed by atoms with Crippen molar-refractivity contribution in [3.8, 4) is 11.5 Å². The summed E-state index contributed by atoms with van der Waals surface area (Å²) in [6.45, 7) is 3.72. The van der Waals surface area contributed by atoms with Crippen molar-refractivity contribution >= 4 is 17.5 Å². The second-order valence-corrected chi connectivity index (χ2v) is 6.83. The van der Waals surface area contributed by atoms with Crippen molar-refractivity contribution in [3.05, 3.63) is 65.4 Å². The lowest BCUT2D eigenvalue weighted by atomic mass is 10.0. The van der Waals surface area contributed by atoms with Crippen LogP contribution >= 0.6 is 0 Å². The summed E-state index contributed by atoms with van der Waals surface area (Å²) in [5.41, 5.74) is 4.49. The Morgan fingerprint density at radius 1 is 0.964 bits per heavy atom. The molecule has 0 amide bonds. The molecule has 1 aromatic heterocycles. The van der Waals surface area contributed by atoms with Crippen molar-refractivity contribution in [1.29, 1.82) is 0 Å². The van der Waals surface area contributed by atoms with Crippen molar-refractivity contribution in [2.45, 2.75) is 19.9 Å². The quantitative estimate of drug-likeness (QED) is 0.723. The van der Waals surface area contributed by atoms with Crippen LogP contribution in [0.3, 0.4) is 0 Å². The van der Waals surface area contributed by atoms with Crippen LogP contribution in [0.4, 0.5) is 17.5 Å². The van der Waals surface area contributed by atoms with Gasteiger partial charge in [0, 0.05) is 30.9 Å². The molecule has 144 valence electrons. The Bertz CT molecular complexity index is 990. The number of ether oxygens (including phenoxy) is 2. The maximum Gasteiger partial charge on any atom is 0.227 e.